The van der Waals surface area contributed by atoms with Crippen molar-refractivity contribution in [3.05, 3.63) is 0 Å². The van der Waals surface area contributed by atoms with Crippen molar-refractivity contribution >= 4 is 23.7 Å². The minimum atomic E-state index is -2.11. The summed E-state index contributed by atoms with van der Waals surface area (Å²) in [6, 6.07) is -1.02. The van der Waals surface area contributed by atoms with Crippen LogP contribution in [0.1, 0.15) is 61.8 Å². The van der Waals surface area contributed by atoms with E-state index in [1.165, 1.54) is 20.8 Å². The number of esters is 3. The van der Waals surface area contributed by atoms with E-state index in [1.807, 2.05) is 6.92 Å². The van der Waals surface area contributed by atoms with Crippen molar-refractivity contribution in [2.24, 2.45) is 57.5 Å². The number of fused-ring (bicyclic) bond motifs is 10. The number of hydrogen-bond acceptors (Lipinski definition) is 13. The van der Waals surface area contributed by atoms with Gasteiger partial charge in [-0.15, -0.1) is 0 Å². The number of aliphatic hydroxyl groups is 3. The van der Waals surface area contributed by atoms with Crippen molar-refractivity contribution in [3.8, 4) is 0 Å². The standard InChI is InChI=1S/C32H45NO12/c1-10-16-19(30(6)31(7,40)27(39)45-32(30,8)44-10)22(37)17-15-18(24(41-11(2)34)26(29(16,17)5)42-12(3)35)28(4)13(20(33)21(15)36)9-14-23(43-14)25(28)38/h10,13-20,22-26,37-38,40H,9,33H2,1-8H3/t10?,13-,14+,15?,16+,17-,18?,19+,20-,22-,23+,24+,25+,26+,28+,29-,30+,31-,32+/m1/s1. The Morgan fingerprint density at radius 1 is 0.933 bits per heavy atom. The van der Waals surface area contributed by atoms with Crippen LogP contribution in [0.2, 0.25) is 0 Å². The summed E-state index contributed by atoms with van der Waals surface area (Å²) in [7, 11) is 0. The number of ketones is 1. The summed E-state index contributed by atoms with van der Waals surface area (Å²) in [5.41, 5.74) is 0.663. The molecule has 4 saturated carbocycles. The first kappa shape index (κ1) is 31.4. The lowest BCUT2D eigenvalue weighted by Crippen LogP contribution is -2.75. The maximum atomic E-state index is 14.6. The molecular weight excluding hydrogens is 590 g/mol. The van der Waals surface area contributed by atoms with Gasteiger partial charge in [-0.3, -0.25) is 14.4 Å². The Bertz CT molecular complexity index is 1390. The molecule has 3 saturated heterocycles. The first-order valence-electron chi connectivity index (χ1n) is 16.0. The predicted octanol–water partition coefficient (Wildman–Crippen LogP) is -0.161. The molecule has 0 aromatic rings. The van der Waals surface area contributed by atoms with Crippen LogP contribution in [-0.2, 0) is 42.9 Å². The average molecular weight is 636 g/mol. The van der Waals surface area contributed by atoms with Gasteiger partial charge in [-0.25, -0.2) is 4.79 Å². The fourth-order valence-corrected chi connectivity index (χ4v) is 12.0. The van der Waals surface area contributed by atoms with Crippen LogP contribution in [-0.4, -0.2) is 99.2 Å². The maximum absolute atomic E-state index is 14.6. The first-order chi connectivity index (χ1) is 20.7. The van der Waals surface area contributed by atoms with Gasteiger partial charge in [-0.2, -0.15) is 0 Å². The summed E-state index contributed by atoms with van der Waals surface area (Å²) < 4.78 is 30.1. The van der Waals surface area contributed by atoms with Gasteiger partial charge >= 0.3 is 17.9 Å². The van der Waals surface area contributed by atoms with Crippen LogP contribution in [0.15, 0.2) is 0 Å². The van der Waals surface area contributed by atoms with Gasteiger partial charge in [-0.1, -0.05) is 13.8 Å². The number of nitrogens with two attached hydrogens (primary N) is 1. The van der Waals surface area contributed by atoms with Crippen LogP contribution >= 0.6 is 0 Å². The normalized spacial score (nSPS) is 60.6. The first-order valence-corrected chi connectivity index (χ1v) is 16.0. The summed E-state index contributed by atoms with van der Waals surface area (Å²) in [6.45, 7) is 12.3. The Hall–Kier alpha value is -2.16. The van der Waals surface area contributed by atoms with E-state index in [4.69, 9.17) is 29.4 Å². The Morgan fingerprint density at radius 2 is 1.56 bits per heavy atom. The fraction of sp³-hybridized carbons (Fsp3) is 0.875. The highest BCUT2D eigenvalue weighted by Gasteiger charge is 2.85. The summed E-state index contributed by atoms with van der Waals surface area (Å²) in [5.74, 6) is -9.40. The molecule has 0 radical (unpaired) electrons. The molecule has 19 atom stereocenters. The molecule has 5 N–H and O–H groups in total. The molecule has 13 heteroatoms. The number of carbonyl (C=O) groups is 4. The molecular formula is C32H45NO12. The molecule has 45 heavy (non-hydrogen) atoms. The molecule has 0 amide bonds. The molecule has 3 aliphatic heterocycles. The highest BCUT2D eigenvalue weighted by atomic mass is 16.7. The summed E-state index contributed by atoms with van der Waals surface area (Å²) in [4.78, 5) is 53.5. The van der Waals surface area contributed by atoms with Gasteiger partial charge in [0.25, 0.3) is 0 Å². The number of carbonyl (C=O) groups excluding carboxylic acids is 4. The molecule has 0 spiro atoms. The molecule has 7 aliphatic rings. The quantitative estimate of drug-likeness (QED) is 0.177. The van der Waals surface area contributed by atoms with Crippen molar-refractivity contribution in [2.75, 3.05) is 0 Å². The van der Waals surface area contributed by atoms with E-state index in [9.17, 15) is 34.5 Å². The number of hydrogen-bond donors (Lipinski definition) is 4. The zero-order valence-corrected chi connectivity index (χ0v) is 26.9. The maximum Gasteiger partial charge on any atom is 0.341 e. The highest BCUT2D eigenvalue weighted by Crippen LogP contribution is 2.75. The van der Waals surface area contributed by atoms with E-state index in [0.717, 1.165) is 0 Å². The van der Waals surface area contributed by atoms with Crippen LogP contribution < -0.4 is 5.73 Å². The van der Waals surface area contributed by atoms with E-state index in [1.54, 1.807) is 27.7 Å². The van der Waals surface area contributed by atoms with Gasteiger partial charge in [0.2, 0.25) is 5.79 Å². The molecule has 3 unspecified atom stereocenters. The minimum absolute atomic E-state index is 0.253. The lowest BCUT2D eigenvalue weighted by Gasteiger charge is -2.65. The van der Waals surface area contributed by atoms with E-state index in [0.29, 0.717) is 6.42 Å². The minimum Gasteiger partial charge on any atom is -0.458 e. The zero-order valence-electron chi connectivity index (χ0n) is 26.9. The lowest BCUT2D eigenvalue weighted by atomic mass is 9.41. The Balaban J connectivity index is 1.49. The van der Waals surface area contributed by atoms with Gasteiger partial charge in [0.1, 0.15) is 18.3 Å². The lowest BCUT2D eigenvalue weighted by molar-refractivity contribution is -0.340. The number of ether oxygens (including phenoxy) is 5. The number of Topliss-reactive ketones (excluding diaryl/α,β-unsaturated/α-hetero) is 1. The molecule has 250 valence electrons. The SMILES string of the molecule is CC(=O)O[C@H]1C2C(C(=O)[C@H](N)[C@H]3C[C@@H]4O[C@@H]4[C@H](O)[C@]23C)[C@@H]2[C@@H](O)[C@@H]3[C@H](C(C)O[C@@]4(C)OC(=O)[C@@](C)(O)[C@]34C)[C@@]2(C)[C@H]1OC(C)=O. The van der Waals surface area contributed by atoms with Gasteiger partial charge in [0, 0.05) is 61.2 Å². The third kappa shape index (κ3) is 3.40. The van der Waals surface area contributed by atoms with Crippen molar-refractivity contribution in [2.45, 2.75) is 122 Å². The molecule has 7 fully saturated rings. The molecule has 4 aliphatic carbocycles. The fourth-order valence-electron chi connectivity index (χ4n) is 12.0. The monoisotopic (exact) mass is 635 g/mol. The van der Waals surface area contributed by atoms with E-state index in [-0.39, 0.29) is 11.9 Å². The molecule has 0 aromatic heterocycles. The van der Waals surface area contributed by atoms with Crippen molar-refractivity contribution in [3.63, 3.8) is 0 Å². The molecule has 3 heterocycles. The van der Waals surface area contributed by atoms with Gasteiger partial charge in [0.15, 0.2) is 11.4 Å². The smallest absolute Gasteiger partial charge is 0.341 e. The number of epoxide rings is 1. The molecule has 13 nitrogen and oxygen atoms in total. The van der Waals surface area contributed by atoms with Crippen molar-refractivity contribution in [1.82, 2.24) is 0 Å². The molecule has 0 aromatic carbocycles. The van der Waals surface area contributed by atoms with Crippen LogP contribution in [0.4, 0.5) is 0 Å². The van der Waals surface area contributed by atoms with E-state index < -0.39 is 124 Å². The molecule has 7 rings (SSSR count). The highest BCUT2D eigenvalue weighted by molar-refractivity contribution is 5.89. The zero-order chi connectivity index (χ0) is 33.1. The second kappa shape index (κ2) is 9.04. The van der Waals surface area contributed by atoms with Crippen LogP contribution in [0.25, 0.3) is 0 Å². The van der Waals surface area contributed by atoms with Gasteiger partial charge in [0.05, 0.1) is 35.9 Å². The van der Waals surface area contributed by atoms with Crippen molar-refractivity contribution < 1.29 is 58.2 Å². The van der Waals surface area contributed by atoms with Gasteiger partial charge < -0.3 is 44.7 Å². The number of rotatable bonds is 2. The van der Waals surface area contributed by atoms with E-state index >= 15 is 0 Å². The van der Waals surface area contributed by atoms with Crippen LogP contribution in [0.5, 0.6) is 0 Å². The number of aliphatic hydroxyl groups excluding tert-OH is 2. The van der Waals surface area contributed by atoms with Crippen LogP contribution in [0.3, 0.4) is 0 Å². The third-order valence-corrected chi connectivity index (χ3v) is 14.1. The largest absolute Gasteiger partial charge is 0.458 e. The Kier molecular flexibility index (Phi) is 6.32. The average Bonchev–Trinajstić information content (AvgIpc) is 3.63. The van der Waals surface area contributed by atoms with Gasteiger partial charge in [-0.05, 0) is 33.1 Å². The topological polar surface area (TPSA) is 204 Å². The van der Waals surface area contributed by atoms with Crippen LogP contribution in [0, 0.1) is 51.8 Å². The Labute approximate surface area is 261 Å². The summed E-state index contributed by atoms with van der Waals surface area (Å²) in [5, 5.41) is 36.3. The third-order valence-electron chi connectivity index (χ3n) is 14.1. The molecule has 0 bridgehead atoms. The summed E-state index contributed by atoms with van der Waals surface area (Å²) in [6.07, 6.45) is -5.94. The predicted molar refractivity (Wildman–Crippen MR) is 150 cm³/mol. The summed E-state index contributed by atoms with van der Waals surface area (Å²) >= 11 is 0. The second-order valence-corrected chi connectivity index (χ2v) is 15.7. The van der Waals surface area contributed by atoms with Crippen molar-refractivity contribution in [1.29, 1.82) is 0 Å². The van der Waals surface area contributed by atoms with E-state index in [2.05, 4.69) is 0 Å². The Morgan fingerprint density at radius 3 is 2.16 bits per heavy atom. The second-order valence-electron chi connectivity index (χ2n) is 15.7.